The standard InChI is InChI=1S/C15H10ClFO3/c16-13-9-12(6-7-14(13)17)20-11-4-1-10(2-5-11)3-8-15(18)19/h1-9H,(H,18,19). The minimum absolute atomic E-state index is 0.0106. The molecule has 0 bridgehead atoms. The van der Waals surface area contributed by atoms with Gasteiger partial charge >= 0.3 is 5.97 Å². The molecule has 0 spiro atoms. The molecule has 0 aliphatic rings. The van der Waals surface area contributed by atoms with Crippen molar-refractivity contribution in [1.29, 1.82) is 0 Å². The molecule has 20 heavy (non-hydrogen) atoms. The van der Waals surface area contributed by atoms with Gasteiger partial charge in [-0.05, 0) is 35.9 Å². The van der Waals surface area contributed by atoms with E-state index in [1.807, 2.05) is 0 Å². The van der Waals surface area contributed by atoms with Crippen molar-refractivity contribution >= 4 is 23.6 Å². The monoisotopic (exact) mass is 292 g/mol. The minimum Gasteiger partial charge on any atom is -0.478 e. The first-order valence-corrected chi connectivity index (χ1v) is 6.06. The Morgan fingerprint density at radius 3 is 2.40 bits per heavy atom. The first-order chi connectivity index (χ1) is 9.54. The number of hydrogen-bond acceptors (Lipinski definition) is 2. The van der Waals surface area contributed by atoms with E-state index in [0.717, 1.165) is 11.6 Å². The van der Waals surface area contributed by atoms with E-state index in [1.54, 1.807) is 24.3 Å². The number of rotatable bonds is 4. The Morgan fingerprint density at radius 1 is 1.15 bits per heavy atom. The van der Waals surface area contributed by atoms with Crippen molar-refractivity contribution in [2.45, 2.75) is 0 Å². The van der Waals surface area contributed by atoms with Gasteiger partial charge in [0, 0.05) is 12.1 Å². The molecule has 0 aliphatic carbocycles. The van der Waals surface area contributed by atoms with E-state index in [2.05, 4.69) is 0 Å². The average Bonchev–Trinajstić information content (AvgIpc) is 2.42. The molecule has 0 aliphatic heterocycles. The predicted octanol–water partition coefficient (Wildman–Crippen LogP) is 4.37. The van der Waals surface area contributed by atoms with E-state index in [-0.39, 0.29) is 5.02 Å². The van der Waals surface area contributed by atoms with E-state index in [0.29, 0.717) is 11.5 Å². The van der Waals surface area contributed by atoms with E-state index >= 15 is 0 Å². The molecular formula is C15H10ClFO3. The van der Waals surface area contributed by atoms with Crippen LogP contribution in [0.15, 0.2) is 48.5 Å². The largest absolute Gasteiger partial charge is 0.478 e. The summed E-state index contributed by atoms with van der Waals surface area (Å²) >= 11 is 5.66. The highest BCUT2D eigenvalue weighted by atomic mass is 35.5. The molecule has 0 unspecified atom stereocenters. The highest BCUT2D eigenvalue weighted by Crippen LogP contribution is 2.26. The number of carboxylic acid groups (broad SMARTS) is 1. The Bertz CT molecular complexity index is 651. The fourth-order valence-electron chi connectivity index (χ4n) is 1.49. The van der Waals surface area contributed by atoms with Crippen molar-refractivity contribution in [2.75, 3.05) is 0 Å². The van der Waals surface area contributed by atoms with Gasteiger partial charge < -0.3 is 9.84 Å². The topological polar surface area (TPSA) is 46.5 Å². The maximum Gasteiger partial charge on any atom is 0.328 e. The van der Waals surface area contributed by atoms with Crippen LogP contribution in [0, 0.1) is 5.82 Å². The van der Waals surface area contributed by atoms with E-state index in [1.165, 1.54) is 24.3 Å². The van der Waals surface area contributed by atoms with E-state index in [4.69, 9.17) is 21.4 Å². The minimum atomic E-state index is -1.01. The summed E-state index contributed by atoms with van der Waals surface area (Å²) in [5.74, 6) is -0.551. The molecule has 3 nitrogen and oxygen atoms in total. The number of hydrogen-bond donors (Lipinski definition) is 1. The molecule has 1 N–H and O–H groups in total. The van der Waals surface area contributed by atoms with Crippen LogP contribution in [0.5, 0.6) is 11.5 Å². The second kappa shape index (κ2) is 6.21. The van der Waals surface area contributed by atoms with Crippen LogP contribution in [0.25, 0.3) is 6.08 Å². The summed E-state index contributed by atoms with van der Waals surface area (Å²) in [6.07, 6.45) is 2.52. The van der Waals surface area contributed by atoms with Crippen molar-refractivity contribution in [2.24, 2.45) is 0 Å². The van der Waals surface area contributed by atoms with Crippen molar-refractivity contribution in [3.8, 4) is 11.5 Å². The van der Waals surface area contributed by atoms with Crippen LogP contribution >= 0.6 is 11.6 Å². The van der Waals surface area contributed by atoms with Crippen molar-refractivity contribution in [1.82, 2.24) is 0 Å². The number of ether oxygens (including phenoxy) is 1. The molecule has 0 saturated heterocycles. The molecule has 0 atom stereocenters. The van der Waals surface area contributed by atoms with Crippen LogP contribution in [0.4, 0.5) is 4.39 Å². The molecule has 2 rings (SSSR count). The van der Waals surface area contributed by atoms with Gasteiger partial charge in [-0.15, -0.1) is 0 Å². The van der Waals surface area contributed by atoms with Gasteiger partial charge in [-0.2, -0.15) is 0 Å². The van der Waals surface area contributed by atoms with Crippen LogP contribution in [0.1, 0.15) is 5.56 Å². The molecule has 0 amide bonds. The maximum absolute atomic E-state index is 13.0. The number of aliphatic carboxylic acids is 1. The Labute approximate surface area is 119 Å². The Balaban J connectivity index is 2.10. The second-order valence-electron chi connectivity index (χ2n) is 3.92. The molecule has 0 heterocycles. The van der Waals surface area contributed by atoms with Crippen LogP contribution in [0.3, 0.4) is 0 Å². The fourth-order valence-corrected chi connectivity index (χ4v) is 1.66. The van der Waals surface area contributed by atoms with Crippen LogP contribution in [-0.2, 0) is 4.79 Å². The zero-order chi connectivity index (χ0) is 14.5. The van der Waals surface area contributed by atoms with Crippen molar-refractivity contribution in [3.63, 3.8) is 0 Å². The average molecular weight is 293 g/mol. The lowest BCUT2D eigenvalue weighted by Crippen LogP contribution is -1.87. The van der Waals surface area contributed by atoms with E-state index in [9.17, 15) is 9.18 Å². The molecule has 0 fully saturated rings. The first-order valence-electron chi connectivity index (χ1n) is 5.68. The van der Waals surface area contributed by atoms with Gasteiger partial charge in [0.2, 0.25) is 0 Å². The molecule has 2 aromatic rings. The Morgan fingerprint density at radius 2 is 1.80 bits per heavy atom. The number of carbonyl (C=O) groups is 1. The lowest BCUT2D eigenvalue weighted by Gasteiger charge is -2.06. The van der Waals surface area contributed by atoms with Gasteiger partial charge in [0.1, 0.15) is 17.3 Å². The van der Waals surface area contributed by atoms with Crippen LogP contribution in [0.2, 0.25) is 5.02 Å². The Hall–Kier alpha value is -2.33. The maximum atomic E-state index is 13.0. The van der Waals surface area contributed by atoms with Gasteiger partial charge in [0.15, 0.2) is 0 Å². The molecule has 0 radical (unpaired) electrons. The Kier molecular flexibility index (Phi) is 4.38. The van der Waals surface area contributed by atoms with E-state index < -0.39 is 11.8 Å². The van der Waals surface area contributed by atoms with Gasteiger partial charge in [-0.25, -0.2) is 9.18 Å². The van der Waals surface area contributed by atoms with Gasteiger partial charge in [0.25, 0.3) is 0 Å². The molecule has 0 aromatic heterocycles. The van der Waals surface area contributed by atoms with Crippen molar-refractivity contribution < 1.29 is 19.0 Å². The summed E-state index contributed by atoms with van der Waals surface area (Å²) in [5, 5.41) is 8.51. The van der Waals surface area contributed by atoms with Gasteiger partial charge in [-0.1, -0.05) is 23.7 Å². The summed E-state index contributed by atoms with van der Waals surface area (Å²) in [5.41, 5.74) is 0.733. The lowest BCUT2D eigenvalue weighted by atomic mass is 10.2. The van der Waals surface area contributed by atoms with Crippen molar-refractivity contribution in [3.05, 3.63) is 64.9 Å². The third-order valence-electron chi connectivity index (χ3n) is 2.43. The molecule has 5 heteroatoms. The second-order valence-corrected chi connectivity index (χ2v) is 4.33. The zero-order valence-electron chi connectivity index (χ0n) is 10.2. The summed E-state index contributed by atoms with van der Waals surface area (Å²) in [6.45, 7) is 0. The highest BCUT2D eigenvalue weighted by Gasteiger charge is 2.02. The number of benzene rings is 2. The fraction of sp³-hybridized carbons (Fsp3) is 0. The predicted molar refractivity (Wildman–Crippen MR) is 74.6 cm³/mol. The lowest BCUT2D eigenvalue weighted by molar-refractivity contribution is -0.131. The van der Waals surface area contributed by atoms with Crippen LogP contribution in [-0.4, -0.2) is 11.1 Å². The first kappa shape index (κ1) is 14.1. The molecular weight excluding hydrogens is 283 g/mol. The molecule has 2 aromatic carbocycles. The SMILES string of the molecule is O=C(O)C=Cc1ccc(Oc2ccc(F)c(Cl)c2)cc1. The van der Waals surface area contributed by atoms with Gasteiger partial charge in [0.05, 0.1) is 5.02 Å². The smallest absolute Gasteiger partial charge is 0.328 e. The summed E-state index contributed by atoms with van der Waals surface area (Å²) in [4.78, 5) is 10.4. The highest BCUT2D eigenvalue weighted by molar-refractivity contribution is 6.30. The summed E-state index contributed by atoms with van der Waals surface area (Å²) in [6, 6.07) is 10.9. The third-order valence-corrected chi connectivity index (χ3v) is 2.71. The number of halogens is 2. The quantitative estimate of drug-likeness (QED) is 0.851. The van der Waals surface area contributed by atoms with Crippen LogP contribution < -0.4 is 4.74 Å². The normalized spacial score (nSPS) is 10.7. The molecule has 0 saturated carbocycles. The summed E-state index contributed by atoms with van der Waals surface area (Å²) in [7, 11) is 0. The third kappa shape index (κ3) is 3.83. The summed E-state index contributed by atoms with van der Waals surface area (Å²) < 4.78 is 18.5. The number of carboxylic acids is 1. The zero-order valence-corrected chi connectivity index (χ0v) is 11.0. The molecule has 102 valence electrons. The van der Waals surface area contributed by atoms with Gasteiger partial charge in [-0.3, -0.25) is 0 Å².